The van der Waals surface area contributed by atoms with Crippen LogP contribution in [0.1, 0.15) is 46.0 Å². The quantitative estimate of drug-likeness (QED) is 0.530. The van der Waals surface area contributed by atoms with Crippen molar-refractivity contribution in [2.75, 3.05) is 5.33 Å². The van der Waals surface area contributed by atoms with Crippen LogP contribution in [-0.4, -0.2) is 17.6 Å². The molecule has 1 rings (SSSR count). The summed E-state index contributed by atoms with van der Waals surface area (Å²) in [6.45, 7) is 4.43. The number of aliphatic imine (C=N–C) groups is 1. The summed E-state index contributed by atoms with van der Waals surface area (Å²) < 4.78 is 0. The molecule has 0 amide bonds. The predicted octanol–water partition coefficient (Wildman–Crippen LogP) is 3.81. The fraction of sp³-hybridized carbons (Fsp3) is 0.909. The molecule has 0 N–H and O–H groups in total. The van der Waals surface area contributed by atoms with Gasteiger partial charge in [0.2, 0.25) is 0 Å². The van der Waals surface area contributed by atoms with Gasteiger partial charge in [-0.05, 0) is 12.8 Å². The van der Waals surface area contributed by atoms with E-state index in [1.807, 2.05) is 0 Å². The maximum atomic E-state index is 4.67. The van der Waals surface area contributed by atoms with Gasteiger partial charge in [-0.3, -0.25) is 4.99 Å². The van der Waals surface area contributed by atoms with Crippen LogP contribution < -0.4 is 0 Å². The molecule has 0 aromatic carbocycles. The minimum absolute atomic E-state index is 0.220. The summed E-state index contributed by atoms with van der Waals surface area (Å²) in [6, 6.07) is 0.618. The molecule has 2 heteroatoms. The van der Waals surface area contributed by atoms with Crippen LogP contribution in [0.25, 0.3) is 0 Å². The number of halogens is 1. The minimum atomic E-state index is 0.220. The Bertz CT molecular complexity index is 169. The highest BCUT2D eigenvalue weighted by Gasteiger charge is 2.15. The van der Waals surface area contributed by atoms with Gasteiger partial charge in [-0.1, -0.05) is 49.0 Å². The van der Waals surface area contributed by atoms with E-state index < -0.39 is 0 Å². The first-order valence-electron chi connectivity index (χ1n) is 5.24. The van der Waals surface area contributed by atoms with Gasteiger partial charge in [-0.15, -0.1) is 0 Å². The van der Waals surface area contributed by atoms with Crippen LogP contribution in [0.4, 0.5) is 0 Å². The van der Waals surface area contributed by atoms with E-state index in [2.05, 4.69) is 41.0 Å². The minimum Gasteiger partial charge on any atom is -0.294 e. The SMILES string of the molecule is CC(C)(C=NC1CCCCC1)CBr. The van der Waals surface area contributed by atoms with Crippen LogP contribution >= 0.6 is 15.9 Å². The molecule has 1 aliphatic carbocycles. The molecule has 0 heterocycles. The van der Waals surface area contributed by atoms with Gasteiger partial charge in [0.05, 0.1) is 0 Å². The Labute approximate surface area is 90.1 Å². The summed E-state index contributed by atoms with van der Waals surface area (Å²) in [7, 11) is 0. The molecule has 13 heavy (non-hydrogen) atoms. The summed E-state index contributed by atoms with van der Waals surface area (Å²) in [4.78, 5) is 4.67. The van der Waals surface area contributed by atoms with Crippen molar-refractivity contribution in [3.63, 3.8) is 0 Å². The van der Waals surface area contributed by atoms with Crippen molar-refractivity contribution in [1.29, 1.82) is 0 Å². The average molecular weight is 246 g/mol. The van der Waals surface area contributed by atoms with Crippen LogP contribution in [0.5, 0.6) is 0 Å². The lowest BCUT2D eigenvalue weighted by molar-refractivity contribution is 0.441. The molecule has 1 fully saturated rings. The van der Waals surface area contributed by atoms with Gasteiger partial charge < -0.3 is 0 Å². The Balaban J connectivity index is 2.37. The van der Waals surface area contributed by atoms with Crippen LogP contribution in [0, 0.1) is 5.41 Å². The Kier molecular flexibility index (Phi) is 4.43. The van der Waals surface area contributed by atoms with Gasteiger partial charge in [0.15, 0.2) is 0 Å². The lowest BCUT2D eigenvalue weighted by Crippen LogP contribution is -2.18. The monoisotopic (exact) mass is 245 g/mol. The van der Waals surface area contributed by atoms with Crippen molar-refractivity contribution < 1.29 is 0 Å². The molecule has 0 atom stereocenters. The fourth-order valence-electron chi connectivity index (χ4n) is 1.57. The van der Waals surface area contributed by atoms with Crippen molar-refractivity contribution in [3.05, 3.63) is 0 Å². The molecule has 0 spiro atoms. The predicted molar refractivity (Wildman–Crippen MR) is 62.9 cm³/mol. The Hall–Kier alpha value is 0.150. The van der Waals surface area contributed by atoms with E-state index in [0.29, 0.717) is 6.04 Å². The molecular weight excluding hydrogens is 226 g/mol. The first-order chi connectivity index (χ1) is 6.14. The standard InChI is InChI=1S/C11H20BrN/c1-11(2,8-12)9-13-10-6-4-3-5-7-10/h9-10H,3-8H2,1-2H3. The zero-order chi connectivity index (χ0) is 9.73. The molecule has 0 aromatic rings. The summed E-state index contributed by atoms with van der Waals surface area (Å²) in [5, 5.41) is 0.996. The molecule has 0 aliphatic heterocycles. The van der Waals surface area contributed by atoms with Crippen molar-refractivity contribution in [2.24, 2.45) is 10.4 Å². The average Bonchev–Trinajstić information content (AvgIpc) is 2.17. The molecular formula is C11H20BrN. The topological polar surface area (TPSA) is 12.4 Å². The maximum absolute atomic E-state index is 4.67. The van der Waals surface area contributed by atoms with Gasteiger partial charge in [0.1, 0.15) is 0 Å². The number of rotatable bonds is 3. The van der Waals surface area contributed by atoms with Gasteiger partial charge in [-0.2, -0.15) is 0 Å². The Morgan fingerprint density at radius 2 is 1.92 bits per heavy atom. The summed E-state index contributed by atoms with van der Waals surface area (Å²) in [5.74, 6) is 0. The van der Waals surface area contributed by atoms with E-state index in [1.165, 1.54) is 32.1 Å². The van der Waals surface area contributed by atoms with Crippen molar-refractivity contribution in [3.8, 4) is 0 Å². The highest BCUT2D eigenvalue weighted by Crippen LogP contribution is 2.22. The Morgan fingerprint density at radius 1 is 1.31 bits per heavy atom. The largest absolute Gasteiger partial charge is 0.294 e. The molecule has 1 saturated carbocycles. The van der Waals surface area contributed by atoms with Crippen molar-refractivity contribution in [2.45, 2.75) is 52.0 Å². The second kappa shape index (κ2) is 5.14. The third kappa shape index (κ3) is 4.26. The molecule has 0 bridgehead atoms. The van der Waals surface area contributed by atoms with Gasteiger partial charge in [0.25, 0.3) is 0 Å². The Morgan fingerprint density at radius 3 is 2.46 bits per heavy atom. The van der Waals surface area contributed by atoms with Gasteiger partial charge in [0, 0.05) is 23.0 Å². The van der Waals surface area contributed by atoms with Crippen LogP contribution in [0.15, 0.2) is 4.99 Å². The zero-order valence-electron chi connectivity index (χ0n) is 8.72. The highest BCUT2D eigenvalue weighted by atomic mass is 79.9. The zero-order valence-corrected chi connectivity index (χ0v) is 10.3. The fourth-order valence-corrected chi connectivity index (χ4v) is 1.72. The van der Waals surface area contributed by atoms with Gasteiger partial charge >= 0.3 is 0 Å². The second-order valence-corrected chi connectivity index (χ2v) is 5.25. The number of hydrogen-bond acceptors (Lipinski definition) is 1. The normalized spacial score (nSPS) is 21.2. The van der Waals surface area contributed by atoms with E-state index in [9.17, 15) is 0 Å². The smallest absolute Gasteiger partial charge is 0.0496 e. The first kappa shape index (κ1) is 11.2. The molecule has 0 radical (unpaired) electrons. The van der Waals surface area contributed by atoms with E-state index in [-0.39, 0.29) is 5.41 Å². The number of alkyl halides is 1. The van der Waals surface area contributed by atoms with E-state index >= 15 is 0 Å². The molecule has 0 unspecified atom stereocenters. The molecule has 1 nitrogen and oxygen atoms in total. The summed E-state index contributed by atoms with van der Waals surface area (Å²) in [6.07, 6.45) is 8.89. The number of nitrogens with zero attached hydrogens (tertiary/aromatic N) is 1. The molecule has 1 aliphatic rings. The van der Waals surface area contributed by atoms with E-state index in [1.54, 1.807) is 0 Å². The van der Waals surface area contributed by atoms with Crippen molar-refractivity contribution >= 4 is 22.1 Å². The number of hydrogen-bond donors (Lipinski definition) is 0. The lowest BCUT2D eigenvalue weighted by Gasteiger charge is -2.20. The molecule has 76 valence electrons. The van der Waals surface area contributed by atoms with Crippen molar-refractivity contribution in [1.82, 2.24) is 0 Å². The third-order valence-corrected chi connectivity index (χ3v) is 4.00. The maximum Gasteiger partial charge on any atom is 0.0496 e. The summed E-state index contributed by atoms with van der Waals surface area (Å²) in [5.41, 5.74) is 0.220. The van der Waals surface area contributed by atoms with Crippen LogP contribution in [-0.2, 0) is 0 Å². The second-order valence-electron chi connectivity index (χ2n) is 4.69. The van der Waals surface area contributed by atoms with E-state index in [4.69, 9.17) is 0 Å². The lowest BCUT2D eigenvalue weighted by atomic mass is 9.94. The van der Waals surface area contributed by atoms with E-state index in [0.717, 1.165) is 5.33 Å². The van der Waals surface area contributed by atoms with Crippen LogP contribution in [0.2, 0.25) is 0 Å². The van der Waals surface area contributed by atoms with Crippen LogP contribution in [0.3, 0.4) is 0 Å². The van der Waals surface area contributed by atoms with Gasteiger partial charge in [-0.25, -0.2) is 0 Å². The highest BCUT2D eigenvalue weighted by molar-refractivity contribution is 9.09. The molecule has 0 aromatic heterocycles. The summed E-state index contributed by atoms with van der Waals surface area (Å²) >= 11 is 3.50. The molecule has 0 saturated heterocycles. The third-order valence-electron chi connectivity index (χ3n) is 2.55. The first-order valence-corrected chi connectivity index (χ1v) is 6.36.